The Morgan fingerprint density at radius 3 is 3.14 bits per heavy atom. The van der Waals surface area contributed by atoms with Gasteiger partial charge in [0.1, 0.15) is 5.76 Å². The summed E-state index contributed by atoms with van der Waals surface area (Å²) in [5.74, 6) is 1.78. The normalized spacial score (nSPS) is 28.4. The van der Waals surface area contributed by atoms with Crippen molar-refractivity contribution >= 4 is 0 Å². The second kappa shape index (κ2) is 4.15. The average Bonchev–Trinajstić information content (AvgIpc) is 2.76. The molecule has 14 heavy (non-hydrogen) atoms. The van der Waals surface area contributed by atoms with E-state index in [4.69, 9.17) is 4.42 Å². The molecule has 0 radical (unpaired) electrons. The Bertz CT molecular complexity index is 269. The number of likely N-dealkylation sites (tertiary alicyclic amines) is 1. The van der Waals surface area contributed by atoms with Crippen LogP contribution in [0.5, 0.6) is 0 Å². The molecule has 1 aliphatic rings. The van der Waals surface area contributed by atoms with Crippen molar-refractivity contribution in [2.45, 2.75) is 12.5 Å². The van der Waals surface area contributed by atoms with E-state index in [-0.39, 0.29) is 0 Å². The Balaban J connectivity index is 2.13. The van der Waals surface area contributed by atoms with Gasteiger partial charge in [-0.3, -0.25) is 4.90 Å². The summed E-state index contributed by atoms with van der Waals surface area (Å²) in [5, 5.41) is 3.25. The van der Waals surface area contributed by atoms with Gasteiger partial charge in [-0.25, -0.2) is 0 Å². The van der Waals surface area contributed by atoms with E-state index < -0.39 is 0 Å². The minimum Gasteiger partial charge on any atom is -0.468 e. The van der Waals surface area contributed by atoms with Crippen molar-refractivity contribution in [3.8, 4) is 0 Å². The molecule has 2 unspecified atom stereocenters. The summed E-state index contributed by atoms with van der Waals surface area (Å²) < 4.78 is 5.49. The maximum Gasteiger partial charge on any atom is 0.121 e. The summed E-state index contributed by atoms with van der Waals surface area (Å²) in [5.41, 5.74) is 0. The summed E-state index contributed by atoms with van der Waals surface area (Å²) in [4.78, 5) is 2.38. The van der Waals surface area contributed by atoms with E-state index in [1.54, 1.807) is 6.26 Å². The molecule has 1 aromatic rings. The lowest BCUT2D eigenvalue weighted by molar-refractivity contribution is 0.236. The van der Waals surface area contributed by atoms with Gasteiger partial charge in [0.15, 0.2) is 0 Å². The van der Waals surface area contributed by atoms with Crippen LogP contribution in [0.1, 0.15) is 18.2 Å². The zero-order chi connectivity index (χ0) is 9.97. The Kier molecular flexibility index (Phi) is 2.89. The van der Waals surface area contributed by atoms with Crippen LogP contribution in [0.2, 0.25) is 0 Å². The van der Waals surface area contributed by atoms with Crippen LogP contribution in [0.15, 0.2) is 22.8 Å². The first-order valence-corrected chi connectivity index (χ1v) is 5.21. The number of rotatable bonds is 3. The molecule has 2 heterocycles. The lowest BCUT2D eigenvalue weighted by atomic mass is 9.98. The molecule has 1 aromatic heterocycles. The first-order chi connectivity index (χ1) is 6.83. The molecule has 3 nitrogen and oxygen atoms in total. The van der Waals surface area contributed by atoms with Crippen molar-refractivity contribution in [3.63, 3.8) is 0 Å². The first-order valence-electron chi connectivity index (χ1n) is 5.21. The van der Waals surface area contributed by atoms with Gasteiger partial charge < -0.3 is 9.73 Å². The predicted octanol–water partition coefficient (Wildman–Crippen LogP) is 1.49. The number of furan rings is 1. The second-order valence-corrected chi connectivity index (χ2v) is 4.05. The first kappa shape index (κ1) is 9.74. The van der Waals surface area contributed by atoms with Gasteiger partial charge in [0.2, 0.25) is 0 Å². The van der Waals surface area contributed by atoms with Crippen LogP contribution in [-0.2, 0) is 0 Å². The summed E-state index contributed by atoms with van der Waals surface area (Å²) in [6.45, 7) is 2.23. The van der Waals surface area contributed by atoms with E-state index in [1.165, 1.54) is 6.42 Å². The van der Waals surface area contributed by atoms with Gasteiger partial charge in [-0.1, -0.05) is 0 Å². The van der Waals surface area contributed by atoms with Crippen LogP contribution in [0.25, 0.3) is 0 Å². The van der Waals surface area contributed by atoms with E-state index in [0.29, 0.717) is 12.0 Å². The van der Waals surface area contributed by atoms with Crippen molar-refractivity contribution in [2.24, 2.45) is 5.92 Å². The minimum absolute atomic E-state index is 0.456. The Hall–Kier alpha value is -0.800. The quantitative estimate of drug-likeness (QED) is 0.790. The maximum absolute atomic E-state index is 5.49. The Morgan fingerprint density at radius 1 is 1.64 bits per heavy atom. The van der Waals surface area contributed by atoms with Gasteiger partial charge in [0, 0.05) is 0 Å². The lowest BCUT2D eigenvalue weighted by Gasteiger charge is -2.22. The highest BCUT2D eigenvalue weighted by molar-refractivity contribution is 5.08. The highest BCUT2D eigenvalue weighted by Crippen LogP contribution is 2.35. The zero-order valence-electron chi connectivity index (χ0n) is 8.86. The highest BCUT2D eigenvalue weighted by atomic mass is 16.3. The van der Waals surface area contributed by atoms with Gasteiger partial charge in [0.25, 0.3) is 0 Å². The largest absolute Gasteiger partial charge is 0.468 e. The predicted molar refractivity (Wildman–Crippen MR) is 56.1 cm³/mol. The molecule has 1 aliphatic heterocycles. The van der Waals surface area contributed by atoms with Crippen LogP contribution in [0.3, 0.4) is 0 Å². The molecule has 0 amide bonds. The molecular formula is C11H18N2O. The molecule has 0 bridgehead atoms. The fourth-order valence-corrected chi connectivity index (χ4v) is 2.41. The molecule has 1 saturated heterocycles. The van der Waals surface area contributed by atoms with E-state index in [1.807, 2.05) is 13.1 Å². The SMILES string of the molecule is CNCC1CCN(C)C1c1ccco1. The van der Waals surface area contributed by atoms with Crippen LogP contribution in [-0.4, -0.2) is 32.1 Å². The fraction of sp³-hybridized carbons (Fsp3) is 0.636. The third-order valence-electron chi connectivity index (χ3n) is 3.07. The molecule has 3 heteroatoms. The molecule has 0 aliphatic carbocycles. The zero-order valence-corrected chi connectivity index (χ0v) is 8.86. The van der Waals surface area contributed by atoms with Crippen LogP contribution in [0, 0.1) is 5.92 Å². The molecule has 0 spiro atoms. The second-order valence-electron chi connectivity index (χ2n) is 4.05. The summed E-state index contributed by atoms with van der Waals surface area (Å²) in [7, 11) is 4.18. The average molecular weight is 194 g/mol. The summed E-state index contributed by atoms with van der Waals surface area (Å²) >= 11 is 0. The minimum atomic E-state index is 0.456. The number of nitrogens with zero attached hydrogens (tertiary/aromatic N) is 1. The highest BCUT2D eigenvalue weighted by Gasteiger charge is 2.34. The third kappa shape index (κ3) is 1.70. The molecule has 1 N–H and O–H groups in total. The number of nitrogens with one attached hydrogen (secondary N) is 1. The Morgan fingerprint density at radius 2 is 2.50 bits per heavy atom. The molecule has 78 valence electrons. The third-order valence-corrected chi connectivity index (χ3v) is 3.07. The molecule has 0 aromatic carbocycles. The van der Waals surface area contributed by atoms with Gasteiger partial charge in [0.05, 0.1) is 12.3 Å². The fourth-order valence-electron chi connectivity index (χ4n) is 2.41. The van der Waals surface area contributed by atoms with Crippen molar-refractivity contribution in [2.75, 3.05) is 27.2 Å². The van der Waals surface area contributed by atoms with Gasteiger partial charge >= 0.3 is 0 Å². The molecule has 0 saturated carbocycles. The van der Waals surface area contributed by atoms with Gasteiger partial charge in [-0.2, -0.15) is 0 Å². The van der Waals surface area contributed by atoms with Gasteiger partial charge in [-0.15, -0.1) is 0 Å². The summed E-state index contributed by atoms with van der Waals surface area (Å²) in [6, 6.07) is 4.50. The van der Waals surface area contributed by atoms with E-state index >= 15 is 0 Å². The number of hydrogen-bond acceptors (Lipinski definition) is 3. The smallest absolute Gasteiger partial charge is 0.121 e. The topological polar surface area (TPSA) is 28.4 Å². The molecular weight excluding hydrogens is 176 g/mol. The number of hydrogen-bond donors (Lipinski definition) is 1. The van der Waals surface area contributed by atoms with E-state index in [2.05, 4.69) is 23.3 Å². The van der Waals surface area contributed by atoms with Crippen molar-refractivity contribution in [1.82, 2.24) is 10.2 Å². The van der Waals surface area contributed by atoms with E-state index in [0.717, 1.165) is 18.8 Å². The maximum atomic E-state index is 5.49. The van der Waals surface area contributed by atoms with E-state index in [9.17, 15) is 0 Å². The lowest BCUT2D eigenvalue weighted by Crippen LogP contribution is -2.26. The van der Waals surface area contributed by atoms with Crippen molar-refractivity contribution < 1.29 is 4.42 Å². The van der Waals surface area contributed by atoms with Crippen LogP contribution in [0.4, 0.5) is 0 Å². The molecule has 2 rings (SSSR count). The standard InChI is InChI=1S/C11H18N2O/c1-12-8-9-5-6-13(2)11(9)10-4-3-7-14-10/h3-4,7,9,11-12H,5-6,8H2,1-2H3. The Labute approximate surface area is 85.1 Å². The van der Waals surface area contributed by atoms with Crippen LogP contribution >= 0.6 is 0 Å². The van der Waals surface area contributed by atoms with Gasteiger partial charge in [-0.05, 0) is 51.7 Å². The monoisotopic (exact) mass is 194 g/mol. The summed E-state index contributed by atoms with van der Waals surface area (Å²) in [6.07, 6.45) is 3.01. The molecule has 1 fully saturated rings. The molecule has 2 atom stereocenters. The van der Waals surface area contributed by atoms with Crippen LogP contribution < -0.4 is 5.32 Å². The van der Waals surface area contributed by atoms with Crippen molar-refractivity contribution in [1.29, 1.82) is 0 Å². The van der Waals surface area contributed by atoms with Crippen molar-refractivity contribution in [3.05, 3.63) is 24.2 Å².